The van der Waals surface area contributed by atoms with Crippen molar-refractivity contribution in [2.75, 3.05) is 0 Å². The summed E-state index contributed by atoms with van der Waals surface area (Å²) in [6, 6.07) is 3.59. The van der Waals surface area contributed by atoms with E-state index in [0.717, 1.165) is 17.7 Å². The van der Waals surface area contributed by atoms with Crippen LogP contribution >= 0.6 is 22.9 Å². The molecule has 0 radical (unpaired) electrons. The zero-order valence-corrected chi connectivity index (χ0v) is 9.96. The van der Waals surface area contributed by atoms with Crippen molar-refractivity contribution in [2.45, 2.75) is 18.9 Å². The van der Waals surface area contributed by atoms with Gasteiger partial charge < -0.3 is 10.3 Å². The van der Waals surface area contributed by atoms with E-state index in [4.69, 9.17) is 21.9 Å². The fourth-order valence-electron chi connectivity index (χ4n) is 1.57. The molecule has 4 nitrogen and oxygen atoms in total. The Morgan fingerprint density at radius 2 is 2.31 bits per heavy atom. The van der Waals surface area contributed by atoms with E-state index in [1.165, 1.54) is 11.3 Å². The highest BCUT2D eigenvalue weighted by atomic mass is 35.5. The lowest BCUT2D eigenvalue weighted by Gasteiger charge is -2.01. The Hall–Kier alpha value is -0.910. The Balaban J connectivity index is 1.86. The van der Waals surface area contributed by atoms with Crippen LogP contribution in [0.5, 0.6) is 0 Å². The van der Waals surface area contributed by atoms with Crippen molar-refractivity contribution in [3.8, 4) is 10.8 Å². The standard InChI is InChI=1S/C10H10ClN3OS/c11-7-4-3-6(16-7)10-13-9(14-15-10)8(12)5-1-2-5/h3-5,8H,1-2,12H2. The quantitative estimate of drug-likeness (QED) is 0.916. The van der Waals surface area contributed by atoms with Crippen molar-refractivity contribution in [3.05, 3.63) is 22.3 Å². The third-order valence-corrected chi connectivity index (χ3v) is 3.87. The Labute approximate surface area is 101 Å². The number of rotatable bonds is 3. The number of nitrogens with two attached hydrogens (primary N) is 1. The van der Waals surface area contributed by atoms with Gasteiger partial charge in [-0.25, -0.2) is 0 Å². The molecule has 84 valence electrons. The first-order chi connectivity index (χ1) is 7.74. The molecular formula is C10H10ClN3OS. The van der Waals surface area contributed by atoms with Gasteiger partial charge in [-0.2, -0.15) is 4.98 Å². The molecule has 6 heteroatoms. The predicted octanol–water partition coefficient (Wildman–Crippen LogP) is 2.86. The maximum Gasteiger partial charge on any atom is 0.268 e. The third kappa shape index (κ3) is 1.86. The highest BCUT2D eigenvalue weighted by Gasteiger charge is 2.32. The van der Waals surface area contributed by atoms with Crippen LogP contribution < -0.4 is 5.73 Å². The van der Waals surface area contributed by atoms with Gasteiger partial charge in [0.15, 0.2) is 5.82 Å². The van der Waals surface area contributed by atoms with E-state index in [-0.39, 0.29) is 6.04 Å². The molecule has 0 saturated heterocycles. The summed E-state index contributed by atoms with van der Waals surface area (Å²) >= 11 is 7.26. The molecule has 0 aliphatic heterocycles. The summed E-state index contributed by atoms with van der Waals surface area (Å²) in [5.41, 5.74) is 5.99. The van der Waals surface area contributed by atoms with Gasteiger partial charge in [0.25, 0.3) is 5.89 Å². The van der Waals surface area contributed by atoms with E-state index in [0.29, 0.717) is 22.0 Å². The Morgan fingerprint density at radius 3 is 2.94 bits per heavy atom. The van der Waals surface area contributed by atoms with Crippen LogP contribution in [-0.4, -0.2) is 10.1 Å². The molecule has 0 aromatic carbocycles. The average Bonchev–Trinajstić information content (AvgIpc) is 2.84. The van der Waals surface area contributed by atoms with E-state index in [2.05, 4.69) is 10.1 Å². The van der Waals surface area contributed by atoms with Crippen LogP contribution in [0, 0.1) is 5.92 Å². The van der Waals surface area contributed by atoms with Gasteiger partial charge >= 0.3 is 0 Å². The highest BCUT2D eigenvalue weighted by molar-refractivity contribution is 7.19. The van der Waals surface area contributed by atoms with Gasteiger partial charge in [0.2, 0.25) is 0 Å². The van der Waals surface area contributed by atoms with Crippen molar-refractivity contribution in [2.24, 2.45) is 11.7 Å². The number of aromatic nitrogens is 2. The number of hydrogen-bond donors (Lipinski definition) is 1. The summed E-state index contributed by atoms with van der Waals surface area (Å²) in [7, 11) is 0. The molecule has 2 aromatic rings. The molecule has 1 aliphatic carbocycles. The van der Waals surface area contributed by atoms with E-state index >= 15 is 0 Å². The van der Waals surface area contributed by atoms with Crippen LogP contribution in [0.25, 0.3) is 10.8 Å². The SMILES string of the molecule is NC(c1noc(-c2ccc(Cl)s2)n1)C1CC1. The first kappa shape index (κ1) is 10.3. The predicted molar refractivity (Wildman–Crippen MR) is 62.3 cm³/mol. The maximum atomic E-state index is 5.99. The maximum absolute atomic E-state index is 5.99. The van der Waals surface area contributed by atoms with Gasteiger partial charge in [-0.1, -0.05) is 16.8 Å². The van der Waals surface area contributed by atoms with E-state index < -0.39 is 0 Å². The molecular weight excluding hydrogens is 246 g/mol. The molecule has 1 unspecified atom stereocenters. The largest absolute Gasteiger partial charge is 0.333 e. The van der Waals surface area contributed by atoms with Crippen molar-refractivity contribution >= 4 is 22.9 Å². The van der Waals surface area contributed by atoms with Crippen molar-refractivity contribution in [1.82, 2.24) is 10.1 Å². The second-order valence-corrected chi connectivity index (χ2v) is 5.64. The first-order valence-electron chi connectivity index (χ1n) is 5.09. The topological polar surface area (TPSA) is 64.9 Å². The molecule has 1 atom stereocenters. The minimum atomic E-state index is -0.0899. The fourth-order valence-corrected chi connectivity index (χ4v) is 2.53. The second-order valence-electron chi connectivity index (χ2n) is 3.92. The summed E-state index contributed by atoms with van der Waals surface area (Å²) in [6.45, 7) is 0. The normalized spacial score (nSPS) is 17.6. The van der Waals surface area contributed by atoms with Gasteiger partial charge in [0.1, 0.15) is 0 Å². The molecule has 2 heterocycles. The molecule has 1 fully saturated rings. The molecule has 3 rings (SSSR count). The lowest BCUT2D eigenvalue weighted by molar-refractivity contribution is 0.412. The minimum absolute atomic E-state index is 0.0899. The van der Waals surface area contributed by atoms with Crippen LogP contribution in [0.2, 0.25) is 4.34 Å². The number of halogens is 1. The number of hydrogen-bond acceptors (Lipinski definition) is 5. The average molecular weight is 256 g/mol. The smallest absolute Gasteiger partial charge is 0.268 e. The summed E-state index contributed by atoms with van der Waals surface area (Å²) in [5.74, 6) is 1.63. The van der Waals surface area contributed by atoms with Crippen LogP contribution in [0.15, 0.2) is 16.7 Å². The summed E-state index contributed by atoms with van der Waals surface area (Å²) in [5, 5.41) is 3.92. The van der Waals surface area contributed by atoms with Crippen LogP contribution in [0.3, 0.4) is 0 Å². The van der Waals surface area contributed by atoms with Crippen molar-refractivity contribution in [3.63, 3.8) is 0 Å². The summed E-state index contributed by atoms with van der Waals surface area (Å²) < 4.78 is 5.88. The van der Waals surface area contributed by atoms with Crippen molar-refractivity contribution < 1.29 is 4.52 Å². The van der Waals surface area contributed by atoms with Gasteiger partial charge in [0, 0.05) is 0 Å². The molecule has 1 saturated carbocycles. The van der Waals surface area contributed by atoms with E-state index in [9.17, 15) is 0 Å². The van der Waals surface area contributed by atoms with E-state index in [1.54, 1.807) is 0 Å². The van der Waals surface area contributed by atoms with Gasteiger partial charge in [-0.15, -0.1) is 11.3 Å². The lowest BCUT2D eigenvalue weighted by atomic mass is 10.2. The Morgan fingerprint density at radius 1 is 1.50 bits per heavy atom. The molecule has 2 aromatic heterocycles. The zero-order chi connectivity index (χ0) is 11.1. The molecule has 0 spiro atoms. The Bertz CT molecular complexity index is 506. The minimum Gasteiger partial charge on any atom is -0.333 e. The third-order valence-electron chi connectivity index (χ3n) is 2.65. The zero-order valence-electron chi connectivity index (χ0n) is 8.39. The summed E-state index contributed by atoms with van der Waals surface area (Å²) in [6.07, 6.45) is 2.33. The fraction of sp³-hybridized carbons (Fsp3) is 0.400. The number of nitrogens with zero attached hydrogens (tertiary/aromatic N) is 2. The summed E-state index contributed by atoms with van der Waals surface area (Å²) in [4.78, 5) is 5.19. The Kier molecular flexibility index (Phi) is 2.46. The molecule has 1 aliphatic rings. The monoisotopic (exact) mass is 255 g/mol. The van der Waals surface area contributed by atoms with Crippen LogP contribution in [0.4, 0.5) is 0 Å². The van der Waals surface area contributed by atoms with Crippen LogP contribution in [-0.2, 0) is 0 Å². The van der Waals surface area contributed by atoms with Gasteiger partial charge in [-0.3, -0.25) is 0 Å². The van der Waals surface area contributed by atoms with Crippen molar-refractivity contribution in [1.29, 1.82) is 0 Å². The van der Waals surface area contributed by atoms with Crippen LogP contribution in [0.1, 0.15) is 24.7 Å². The molecule has 16 heavy (non-hydrogen) atoms. The molecule has 2 N–H and O–H groups in total. The lowest BCUT2D eigenvalue weighted by Crippen LogP contribution is -2.13. The number of thiophene rings is 1. The molecule has 0 bridgehead atoms. The van der Waals surface area contributed by atoms with Gasteiger partial charge in [-0.05, 0) is 30.9 Å². The van der Waals surface area contributed by atoms with E-state index in [1.807, 2.05) is 12.1 Å². The second kappa shape index (κ2) is 3.84. The molecule has 0 amide bonds. The first-order valence-corrected chi connectivity index (χ1v) is 6.28. The van der Waals surface area contributed by atoms with Gasteiger partial charge in [0.05, 0.1) is 15.3 Å². The highest BCUT2D eigenvalue weighted by Crippen LogP contribution is 2.39.